The summed E-state index contributed by atoms with van der Waals surface area (Å²) in [6.45, 7) is 2.62. The van der Waals surface area contributed by atoms with Crippen LogP contribution < -0.4 is 10.5 Å². The van der Waals surface area contributed by atoms with Gasteiger partial charge >= 0.3 is 0 Å². The Labute approximate surface area is 108 Å². The lowest BCUT2D eigenvalue weighted by Gasteiger charge is -2.26. The van der Waals surface area contributed by atoms with Crippen LogP contribution in [0.4, 0.5) is 0 Å². The van der Waals surface area contributed by atoms with Gasteiger partial charge in [-0.2, -0.15) is 0 Å². The van der Waals surface area contributed by atoms with Gasteiger partial charge in [-0.3, -0.25) is 0 Å². The van der Waals surface area contributed by atoms with Crippen molar-refractivity contribution in [3.05, 3.63) is 28.8 Å². The molecule has 1 aliphatic rings. The van der Waals surface area contributed by atoms with Crippen molar-refractivity contribution < 1.29 is 4.74 Å². The molecule has 2 N–H and O–H groups in total. The van der Waals surface area contributed by atoms with Gasteiger partial charge < -0.3 is 10.5 Å². The summed E-state index contributed by atoms with van der Waals surface area (Å²) < 4.78 is 5.44. The molecule has 0 unspecified atom stereocenters. The molecule has 1 aliphatic carbocycles. The highest BCUT2D eigenvalue weighted by Crippen LogP contribution is 2.35. The third-order valence-corrected chi connectivity index (χ3v) is 3.79. The Hall–Kier alpha value is -0.730. The number of nitrogens with two attached hydrogens (primary N) is 1. The molecule has 0 aliphatic heterocycles. The molecule has 1 aromatic carbocycles. The Morgan fingerprint density at radius 2 is 2.00 bits per heavy atom. The molecule has 0 radical (unpaired) electrons. The molecule has 1 saturated carbocycles. The third-order valence-electron chi connectivity index (χ3n) is 3.50. The fraction of sp³-hybridized carbons (Fsp3) is 0.571. The topological polar surface area (TPSA) is 35.2 Å². The zero-order valence-corrected chi connectivity index (χ0v) is 11.0. The van der Waals surface area contributed by atoms with Crippen molar-refractivity contribution in [3.63, 3.8) is 0 Å². The van der Waals surface area contributed by atoms with Gasteiger partial charge in [-0.05, 0) is 56.2 Å². The van der Waals surface area contributed by atoms with Gasteiger partial charge in [0.25, 0.3) is 0 Å². The van der Waals surface area contributed by atoms with Gasteiger partial charge in [0.2, 0.25) is 0 Å². The largest absolute Gasteiger partial charge is 0.492 e. The van der Waals surface area contributed by atoms with Crippen LogP contribution in [0.25, 0.3) is 0 Å². The number of hydrogen-bond donors (Lipinski definition) is 1. The fourth-order valence-corrected chi connectivity index (χ4v) is 2.74. The summed E-state index contributed by atoms with van der Waals surface area (Å²) in [5.74, 6) is 1.40. The highest BCUT2D eigenvalue weighted by molar-refractivity contribution is 6.32. The maximum Gasteiger partial charge on any atom is 0.137 e. The molecule has 0 heterocycles. The normalized spacial score (nSPS) is 24.6. The maximum atomic E-state index is 6.21. The molecule has 3 heteroatoms. The van der Waals surface area contributed by atoms with Crippen molar-refractivity contribution in [1.82, 2.24) is 0 Å². The zero-order valence-electron chi connectivity index (χ0n) is 10.3. The van der Waals surface area contributed by atoms with Gasteiger partial charge in [-0.1, -0.05) is 17.7 Å². The van der Waals surface area contributed by atoms with E-state index in [0.29, 0.717) is 18.6 Å². The predicted octanol–water partition coefficient (Wildman–Crippen LogP) is 3.72. The maximum absolute atomic E-state index is 6.21. The fourth-order valence-electron chi connectivity index (χ4n) is 2.50. The van der Waals surface area contributed by atoms with Crippen molar-refractivity contribution >= 4 is 11.6 Å². The van der Waals surface area contributed by atoms with E-state index in [0.717, 1.165) is 23.6 Å². The van der Waals surface area contributed by atoms with Crippen molar-refractivity contribution in [2.24, 2.45) is 5.73 Å². The molecule has 1 fully saturated rings. The zero-order chi connectivity index (χ0) is 12.3. The first-order chi connectivity index (χ1) is 8.20. The van der Waals surface area contributed by atoms with E-state index in [1.165, 1.54) is 18.4 Å². The minimum absolute atomic E-state index is 0.393. The van der Waals surface area contributed by atoms with E-state index in [9.17, 15) is 0 Å². The second kappa shape index (κ2) is 5.74. The second-order valence-corrected chi connectivity index (χ2v) is 5.14. The monoisotopic (exact) mass is 253 g/mol. The Kier molecular flexibility index (Phi) is 4.30. The number of halogens is 1. The molecule has 0 aromatic heterocycles. The average Bonchev–Trinajstić information content (AvgIpc) is 2.33. The smallest absolute Gasteiger partial charge is 0.137 e. The summed E-state index contributed by atoms with van der Waals surface area (Å²) in [5, 5.41) is 0.722. The van der Waals surface area contributed by atoms with Crippen LogP contribution in [0.2, 0.25) is 5.02 Å². The molecule has 94 valence electrons. The molecular formula is C14H20ClNO. The van der Waals surface area contributed by atoms with Gasteiger partial charge in [0.1, 0.15) is 5.75 Å². The minimum Gasteiger partial charge on any atom is -0.492 e. The Morgan fingerprint density at radius 1 is 1.29 bits per heavy atom. The van der Waals surface area contributed by atoms with Crippen LogP contribution in [0, 0.1) is 0 Å². The van der Waals surface area contributed by atoms with Crippen molar-refractivity contribution in [3.8, 4) is 5.75 Å². The van der Waals surface area contributed by atoms with E-state index in [1.54, 1.807) is 0 Å². The van der Waals surface area contributed by atoms with Crippen LogP contribution in [-0.4, -0.2) is 12.6 Å². The van der Waals surface area contributed by atoms with Crippen LogP contribution in [0.5, 0.6) is 5.75 Å². The van der Waals surface area contributed by atoms with E-state index in [1.807, 2.05) is 19.1 Å². The van der Waals surface area contributed by atoms with E-state index in [4.69, 9.17) is 22.1 Å². The summed E-state index contributed by atoms with van der Waals surface area (Å²) in [6.07, 6.45) is 4.59. The Morgan fingerprint density at radius 3 is 2.59 bits per heavy atom. The van der Waals surface area contributed by atoms with Crippen LogP contribution in [0.1, 0.15) is 44.1 Å². The molecule has 2 nitrogen and oxygen atoms in total. The molecule has 0 amide bonds. The van der Waals surface area contributed by atoms with Crippen LogP contribution in [0.3, 0.4) is 0 Å². The molecule has 2 rings (SSSR count). The lowest BCUT2D eigenvalue weighted by atomic mass is 9.82. The molecule has 0 atom stereocenters. The molecule has 0 saturated heterocycles. The highest BCUT2D eigenvalue weighted by atomic mass is 35.5. The van der Waals surface area contributed by atoms with E-state index < -0.39 is 0 Å². The van der Waals surface area contributed by atoms with Crippen LogP contribution >= 0.6 is 11.6 Å². The van der Waals surface area contributed by atoms with Gasteiger partial charge in [0.05, 0.1) is 11.6 Å². The standard InChI is InChI=1S/C14H20ClNO/c1-2-17-14-8-5-11(9-13(14)15)10-3-6-12(16)7-4-10/h5,8-10,12H,2-4,6-7,16H2,1H3. The van der Waals surface area contributed by atoms with Gasteiger partial charge in [-0.15, -0.1) is 0 Å². The number of rotatable bonds is 3. The average molecular weight is 254 g/mol. The molecule has 0 spiro atoms. The quantitative estimate of drug-likeness (QED) is 0.891. The number of benzene rings is 1. The summed E-state index contributed by atoms with van der Waals surface area (Å²) >= 11 is 6.21. The first-order valence-corrected chi connectivity index (χ1v) is 6.76. The lowest BCUT2D eigenvalue weighted by molar-refractivity contribution is 0.340. The van der Waals surface area contributed by atoms with Crippen molar-refractivity contribution in [2.45, 2.75) is 44.6 Å². The summed E-state index contributed by atoms with van der Waals surface area (Å²) in [5.41, 5.74) is 7.25. The first-order valence-electron chi connectivity index (χ1n) is 6.38. The summed E-state index contributed by atoms with van der Waals surface area (Å²) in [6, 6.07) is 6.56. The van der Waals surface area contributed by atoms with E-state index in [2.05, 4.69) is 6.07 Å². The molecule has 17 heavy (non-hydrogen) atoms. The Balaban J connectivity index is 2.09. The minimum atomic E-state index is 0.393. The number of ether oxygens (including phenoxy) is 1. The SMILES string of the molecule is CCOc1ccc(C2CCC(N)CC2)cc1Cl. The van der Waals surface area contributed by atoms with E-state index >= 15 is 0 Å². The second-order valence-electron chi connectivity index (χ2n) is 4.73. The van der Waals surface area contributed by atoms with Gasteiger partial charge in [0.15, 0.2) is 0 Å². The first kappa shape index (κ1) is 12.7. The van der Waals surface area contributed by atoms with Gasteiger partial charge in [-0.25, -0.2) is 0 Å². The van der Waals surface area contributed by atoms with Gasteiger partial charge in [0, 0.05) is 6.04 Å². The summed E-state index contributed by atoms with van der Waals surface area (Å²) in [7, 11) is 0. The van der Waals surface area contributed by atoms with Crippen LogP contribution in [0.15, 0.2) is 18.2 Å². The molecule has 1 aromatic rings. The van der Waals surface area contributed by atoms with Crippen molar-refractivity contribution in [1.29, 1.82) is 0 Å². The highest BCUT2D eigenvalue weighted by Gasteiger charge is 2.20. The third kappa shape index (κ3) is 3.14. The summed E-state index contributed by atoms with van der Waals surface area (Å²) in [4.78, 5) is 0. The molecular weight excluding hydrogens is 234 g/mol. The van der Waals surface area contributed by atoms with Crippen molar-refractivity contribution in [2.75, 3.05) is 6.61 Å². The number of hydrogen-bond acceptors (Lipinski definition) is 2. The van der Waals surface area contributed by atoms with Crippen LogP contribution in [-0.2, 0) is 0 Å². The predicted molar refractivity (Wildman–Crippen MR) is 71.8 cm³/mol. The lowest BCUT2D eigenvalue weighted by Crippen LogP contribution is -2.25. The van der Waals surface area contributed by atoms with E-state index in [-0.39, 0.29) is 0 Å². The Bertz CT molecular complexity index is 372. The molecule has 0 bridgehead atoms.